The highest BCUT2D eigenvalue weighted by atomic mass is 16.5. The molecule has 118 valence electrons. The third-order valence-corrected chi connectivity index (χ3v) is 2.94. The molecule has 1 rings (SSSR count). The normalized spacial score (nSPS) is 12.1. The van der Waals surface area contributed by atoms with E-state index < -0.39 is 12.1 Å². The van der Waals surface area contributed by atoms with Crippen molar-refractivity contribution in [3.63, 3.8) is 0 Å². The molecule has 1 unspecified atom stereocenters. The van der Waals surface area contributed by atoms with Gasteiger partial charge in [-0.3, -0.25) is 4.98 Å². The fraction of sp³-hybridized carbons (Fsp3) is 0.600. The summed E-state index contributed by atoms with van der Waals surface area (Å²) in [6, 6.07) is 3.60. The maximum Gasteiger partial charge on any atom is 0.344 e. The molecule has 1 atom stereocenters. The largest absolute Gasteiger partial charge is 0.479 e. The summed E-state index contributed by atoms with van der Waals surface area (Å²) in [6.07, 6.45) is 0.384. The SMILES string of the molecule is CCCC(Oc1ccc(C)nc1CNCCOC)C(=O)O. The molecule has 1 aromatic heterocycles. The lowest BCUT2D eigenvalue weighted by atomic mass is 10.2. The average Bonchev–Trinajstić information content (AvgIpc) is 2.45. The van der Waals surface area contributed by atoms with Crippen LogP contribution in [0, 0.1) is 6.92 Å². The van der Waals surface area contributed by atoms with Crippen molar-refractivity contribution in [1.82, 2.24) is 10.3 Å². The van der Waals surface area contributed by atoms with E-state index in [1.807, 2.05) is 19.9 Å². The summed E-state index contributed by atoms with van der Waals surface area (Å²) >= 11 is 0. The van der Waals surface area contributed by atoms with E-state index in [0.29, 0.717) is 37.6 Å². The van der Waals surface area contributed by atoms with E-state index >= 15 is 0 Å². The van der Waals surface area contributed by atoms with Gasteiger partial charge in [-0.25, -0.2) is 4.79 Å². The zero-order chi connectivity index (χ0) is 15.7. The van der Waals surface area contributed by atoms with Gasteiger partial charge in [0.05, 0.1) is 12.3 Å². The predicted molar refractivity (Wildman–Crippen MR) is 79.5 cm³/mol. The van der Waals surface area contributed by atoms with Crippen molar-refractivity contribution >= 4 is 5.97 Å². The molecule has 0 aliphatic rings. The van der Waals surface area contributed by atoms with Crippen molar-refractivity contribution in [3.8, 4) is 5.75 Å². The summed E-state index contributed by atoms with van der Waals surface area (Å²) in [7, 11) is 1.64. The van der Waals surface area contributed by atoms with Gasteiger partial charge >= 0.3 is 5.97 Å². The van der Waals surface area contributed by atoms with Gasteiger partial charge in [0.15, 0.2) is 6.10 Å². The number of carboxylic acid groups (broad SMARTS) is 1. The number of nitrogens with zero attached hydrogens (tertiary/aromatic N) is 1. The molecule has 0 radical (unpaired) electrons. The molecule has 1 heterocycles. The second kappa shape index (κ2) is 9.31. The summed E-state index contributed by atoms with van der Waals surface area (Å²) in [6.45, 7) is 5.64. The lowest BCUT2D eigenvalue weighted by Gasteiger charge is -2.17. The summed E-state index contributed by atoms with van der Waals surface area (Å²) in [5, 5.41) is 12.4. The lowest BCUT2D eigenvalue weighted by Crippen LogP contribution is -2.28. The quantitative estimate of drug-likeness (QED) is 0.640. The Morgan fingerprint density at radius 3 is 2.86 bits per heavy atom. The van der Waals surface area contributed by atoms with Gasteiger partial charge in [0.1, 0.15) is 5.75 Å². The number of pyridine rings is 1. The molecule has 0 fully saturated rings. The van der Waals surface area contributed by atoms with Gasteiger partial charge in [-0.05, 0) is 25.5 Å². The minimum atomic E-state index is -0.948. The fourth-order valence-corrected chi connectivity index (χ4v) is 1.86. The molecule has 0 aliphatic heterocycles. The van der Waals surface area contributed by atoms with Gasteiger partial charge < -0.3 is 19.9 Å². The van der Waals surface area contributed by atoms with Crippen LogP contribution in [0.4, 0.5) is 0 Å². The van der Waals surface area contributed by atoms with Crippen molar-refractivity contribution in [3.05, 3.63) is 23.5 Å². The number of carbonyl (C=O) groups is 1. The average molecular weight is 296 g/mol. The molecule has 6 heteroatoms. The Kier molecular flexibility index (Phi) is 7.71. The highest BCUT2D eigenvalue weighted by Crippen LogP contribution is 2.20. The Bertz CT molecular complexity index is 451. The first-order valence-corrected chi connectivity index (χ1v) is 7.14. The smallest absolute Gasteiger partial charge is 0.344 e. The molecular weight excluding hydrogens is 272 g/mol. The highest BCUT2D eigenvalue weighted by Gasteiger charge is 2.20. The number of nitrogens with one attached hydrogen (secondary N) is 1. The number of methoxy groups -OCH3 is 1. The Morgan fingerprint density at radius 1 is 1.48 bits per heavy atom. The van der Waals surface area contributed by atoms with Crippen LogP contribution in [0.5, 0.6) is 5.75 Å². The fourth-order valence-electron chi connectivity index (χ4n) is 1.86. The molecule has 2 N–H and O–H groups in total. The molecule has 0 aromatic carbocycles. The zero-order valence-electron chi connectivity index (χ0n) is 12.9. The molecule has 0 spiro atoms. The number of aryl methyl sites for hydroxylation is 1. The van der Waals surface area contributed by atoms with E-state index in [1.54, 1.807) is 13.2 Å². The summed E-state index contributed by atoms with van der Waals surface area (Å²) in [5.74, 6) is -0.429. The summed E-state index contributed by atoms with van der Waals surface area (Å²) < 4.78 is 10.6. The van der Waals surface area contributed by atoms with Crippen molar-refractivity contribution in [2.24, 2.45) is 0 Å². The highest BCUT2D eigenvalue weighted by molar-refractivity contribution is 5.72. The van der Waals surface area contributed by atoms with E-state index in [1.165, 1.54) is 0 Å². The standard InChI is InChI=1S/C15H24N2O4/c1-4-5-14(15(18)19)21-13-7-6-11(2)17-12(13)10-16-8-9-20-3/h6-7,14,16H,4-5,8-10H2,1-3H3,(H,18,19). The van der Waals surface area contributed by atoms with Gasteiger partial charge in [0.25, 0.3) is 0 Å². The third kappa shape index (κ3) is 6.10. The first-order valence-electron chi connectivity index (χ1n) is 7.14. The van der Waals surface area contributed by atoms with Gasteiger partial charge in [-0.1, -0.05) is 13.3 Å². The third-order valence-electron chi connectivity index (χ3n) is 2.94. The molecular formula is C15H24N2O4. The number of ether oxygens (including phenoxy) is 2. The molecule has 0 aliphatic carbocycles. The number of aromatic nitrogens is 1. The van der Waals surface area contributed by atoms with Crippen LogP contribution in [0.3, 0.4) is 0 Å². The molecule has 0 bridgehead atoms. The van der Waals surface area contributed by atoms with Crippen molar-refractivity contribution in [2.45, 2.75) is 39.3 Å². The summed E-state index contributed by atoms with van der Waals surface area (Å²) in [5.41, 5.74) is 1.58. The van der Waals surface area contributed by atoms with Crippen LogP contribution in [0.2, 0.25) is 0 Å². The number of hydrogen-bond donors (Lipinski definition) is 2. The number of hydrogen-bond acceptors (Lipinski definition) is 5. The van der Waals surface area contributed by atoms with Crippen molar-refractivity contribution in [2.75, 3.05) is 20.3 Å². The van der Waals surface area contributed by atoms with Crippen molar-refractivity contribution in [1.29, 1.82) is 0 Å². The molecule has 0 amide bonds. The first kappa shape index (κ1) is 17.4. The van der Waals surface area contributed by atoms with Gasteiger partial charge in [-0.2, -0.15) is 0 Å². The number of carboxylic acids is 1. The molecule has 0 saturated heterocycles. The monoisotopic (exact) mass is 296 g/mol. The maximum absolute atomic E-state index is 11.2. The second-order valence-electron chi connectivity index (χ2n) is 4.80. The Balaban J connectivity index is 2.77. The van der Waals surface area contributed by atoms with Gasteiger partial charge in [0, 0.05) is 25.9 Å². The number of rotatable bonds is 10. The Morgan fingerprint density at radius 2 is 2.24 bits per heavy atom. The van der Waals surface area contributed by atoms with Gasteiger partial charge in [0.2, 0.25) is 0 Å². The van der Waals surface area contributed by atoms with E-state index in [0.717, 1.165) is 12.1 Å². The molecule has 21 heavy (non-hydrogen) atoms. The van der Waals surface area contributed by atoms with Crippen LogP contribution in [0.25, 0.3) is 0 Å². The van der Waals surface area contributed by atoms with Gasteiger partial charge in [-0.15, -0.1) is 0 Å². The summed E-state index contributed by atoms with van der Waals surface area (Å²) in [4.78, 5) is 15.6. The van der Waals surface area contributed by atoms with Crippen LogP contribution in [0.1, 0.15) is 31.2 Å². The van der Waals surface area contributed by atoms with Crippen LogP contribution >= 0.6 is 0 Å². The van der Waals surface area contributed by atoms with Crippen LogP contribution in [-0.2, 0) is 16.1 Å². The van der Waals surface area contributed by atoms with Crippen molar-refractivity contribution < 1.29 is 19.4 Å². The maximum atomic E-state index is 11.2. The van der Waals surface area contributed by atoms with Crippen LogP contribution in [-0.4, -0.2) is 42.4 Å². The first-order chi connectivity index (χ1) is 10.1. The Hall–Kier alpha value is -1.66. The lowest BCUT2D eigenvalue weighted by molar-refractivity contribution is -0.145. The number of aliphatic carboxylic acids is 1. The Labute approximate surface area is 125 Å². The molecule has 0 saturated carbocycles. The zero-order valence-corrected chi connectivity index (χ0v) is 12.9. The second-order valence-corrected chi connectivity index (χ2v) is 4.80. The molecule has 1 aromatic rings. The minimum Gasteiger partial charge on any atom is -0.479 e. The minimum absolute atomic E-state index is 0.472. The van der Waals surface area contributed by atoms with E-state index in [-0.39, 0.29) is 0 Å². The van der Waals surface area contributed by atoms with E-state index in [2.05, 4.69) is 10.3 Å². The topological polar surface area (TPSA) is 80.7 Å². The van der Waals surface area contributed by atoms with E-state index in [4.69, 9.17) is 9.47 Å². The van der Waals surface area contributed by atoms with Crippen LogP contribution in [0.15, 0.2) is 12.1 Å². The van der Waals surface area contributed by atoms with E-state index in [9.17, 15) is 9.90 Å². The molecule has 6 nitrogen and oxygen atoms in total. The van der Waals surface area contributed by atoms with Crippen LogP contribution < -0.4 is 10.1 Å². The predicted octanol–water partition coefficient (Wildman–Crippen LogP) is 1.76.